The molecule has 0 aliphatic heterocycles. The van der Waals surface area contributed by atoms with Gasteiger partial charge in [0.2, 0.25) is 10.0 Å². The van der Waals surface area contributed by atoms with Crippen LogP contribution in [0.5, 0.6) is 5.75 Å². The summed E-state index contributed by atoms with van der Waals surface area (Å²) in [6.07, 6.45) is 0.893. The molecular formula is C40H35Cl3N2O5S. The minimum Gasteiger partial charge on any atom is -0.493 e. The highest BCUT2D eigenvalue weighted by Crippen LogP contribution is 2.38. The Morgan fingerprint density at radius 1 is 0.765 bits per heavy atom. The van der Waals surface area contributed by atoms with Crippen molar-refractivity contribution in [3.63, 3.8) is 0 Å². The standard InChI is InChI=1S/C40H35Cl3N2O5S/c1-49-40(46)30-12-15-34(16-13-30)50-21-19-36-35-17-14-31(41)25-38(35)45(39(28-8-4-2-5-9-28)29-10-6-3-7-11-29)37(36)18-20-44-51(47,48)26-27-22-32(42)24-33(43)23-27/h2-17,22-25,39,44H,18-21,26H2,1H3. The highest BCUT2D eigenvalue weighted by molar-refractivity contribution is 7.88. The van der Waals surface area contributed by atoms with Gasteiger partial charge in [-0.25, -0.2) is 17.9 Å². The molecule has 0 unspecified atom stereocenters. The highest BCUT2D eigenvalue weighted by Gasteiger charge is 2.26. The van der Waals surface area contributed by atoms with Crippen LogP contribution in [0.25, 0.3) is 10.9 Å². The molecule has 0 radical (unpaired) electrons. The SMILES string of the molecule is COC(=O)c1ccc(OCCc2c(CCNS(=O)(=O)Cc3cc(Cl)cc(Cl)c3)n(C(c3ccccc3)c3ccccc3)c3cc(Cl)ccc23)cc1. The minimum absolute atomic E-state index is 0.139. The van der Waals surface area contributed by atoms with Crippen LogP contribution in [-0.2, 0) is 33.4 Å². The molecule has 6 rings (SSSR count). The molecule has 0 atom stereocenters. The van der Waals surface area contributed by atoms with Gasteiger partial charge in [0.1, 0.15) is 5.75 Å². The van der Waals surface area contributed by atoms with Crippen LogP contribution in [-0.4, -0.2) is 39.2 Å². The normalized spacial score (nSPS) is 11.6. The van der Waals surface area contributed by atoms with Crippen LogP contribution in [0.2, 0.25) is 15.1 Å². The van der Waals surface area contributed by atoms with E-state index in [1.54, 1.807) is 42.5 Å². The third kappa shape index (κ3) is 8.95. The van der Waals surface area contributed by atoms with Crippen molar-refractivity contribution in [3.05, 3.63) is 170 Å². The van der Waals surface area contributed by atoms with E-state index in [9.17, 15) is 13.2 Å². The number of rotatable bonds is 14. The summed E-state index contributed by atoms with van der Waals surface area (Å²) in [6, 6.07) is 37.6. The number of ether oxygens (including phenoxy) is 2. The van der Waals surface area contributed by atoms with E-state index < -0.39 is 16.0 Å². The van der Waals surface area contributed by atoms with Crippen molar-refractivity contribution >= 4 is 61.7 Å². The molecular weight excluding hydrogens is 727 g/mol. The van der Waals surface area contributed by atoms with Gasteiger partial charge >= 0.3 is 5.97 Å². The zero-order valence-electron chi connectivity index (χ0n) is 27.7. The van der Waals surface area contributed by atoms with Crippen LogP contribution >= 0.6 is 34.8 Å². The van der Waals surface area contributed by atoms with Gasteiger partial charge in [-0.2, -0.15) is 0 Å². The molecule has 0 saturated carbocycles. The molecule has 1 aromatic heterocycles. The van der Waals surface area contributed by atoms with E-state index in [0.717, 1.165) is 33.3 Å². The molecule has 0 bridgehead atoms. The number of nitrogens with one attached hydrogen (secondary N) is 1. The lowest BCUT2D eigenvalue weighted by atomic mass is 9.97. The van der Waals surface area contributed by atoms with E-state index in [1.807, 2.05) is 54.6 Å². The number of nitrogens with zero attached hydrogens (tertiary/aromatic N) is 1. The first-order chi connectivity index (χ1) is 24.6. The Labute approximate surface area is 312 Å². The molecule has 6 aromatic rings. The van der Waals surface area contributed by atoms with Crippen LogP contribution in [0, 0.1) is 0 Å². The topological polar surface area (TPSA) is 86.6 Å². The first-order valence-corrected chi connectivity index (χ1v) is 19.0. The lowest BCUT2D eigenvalue weighted by Gasteiger charge is -2.25. The van der Waals surface area contributed by atoms with Crippen molar-refractivity contribution in [2.75, 3.05) is 20.3 Å². The number of aromatic nitrogens is 1. The van der Waals surface area contributed by atoms with E-state index in [1.165, 1.54) is 7.11 Å². The van der Waals surface area contributed by atoms with Crippen molar-refractivity contribution in [3.8, 4) is 5.75 Å². The summed E-state index contributed by atoms with van der Waals surface area (Å²) in [4.78, 5) is 11.9. The molecule has 262 valence electrons. The van der Waals surface area contributed by atoms with E-state index in [-0.39, 0.29) is 18.3 Å². The van der Waals surface area contributed by atoms with Crippen LogP contribution < -0.4 is 9.46 Å². The van der Waals surface area contributed by atoms with Crippen molar-refractivity contribution in [2.45, 2.75) is 24.6 Å². The number of methoxy groups -OCH3 is 1. The fraction of sp³-hybridized carbons (Fsp3) is 0.175. The number of carbonyl (C=O) groups excluding carboxylic acids is 1. The number of sulfonamides is 1. The van der Waals surface area contributed by atoms with Gasteiger partial charge in [-0.3, -0.25) is 0 Å². The van der Waals surface area contributed by atoms with E-state index in [2.05, 4.69) is 33.6 Å². The maximum absolute atomic E-state index is 13.3. The van der Waals surface area contributed by atoms with Gasteiger partial charge in [0.25, 0.3) is 0 Å². The van der Waals surface area contributed by atoms with Gasteiger partial charge in [-0.15, -0.1) is 0 Å². The van der Waals surface area contributed by atoms with Crippen molar-refractivity contribution in [1.29, 1.82) is 0 Å². The smallest absolute Gasteiger partial charge is 0.337 e. The number of benzene rings is 5. The maximum atomic E-state index is 13.3. The van der Waals surface area contributed by atoms with Crippen LogP contribution in [0.15, 0.2) is 121 Å². The predicted molar refractivity (Wildman–Crippen MR) is 205 cm³/mol. The Bertz CT molecular complexity index is 2180. The molecule has 0 amide bonds. The number of hydrogen-bond donors (Lipinski definition) is 1. The molecule has 5 aromatic carbocycles. The summed E-state index contributed by atoms with van der Waals surface area (Å²) >= 11 is 18.9. The maximum Gasteiger partial charge on any atom is 0.337 e. The highest BCUT2D eigenvalue weighted by atomic mass is 35.5. The van der Waals surface area contributed by atoms with E-state index in [4.69, 9.17) is 44.3 Å². The predicted octanol–water partition coefficient (Wildman–Crippen LogP) is 9.31. The molecule has 0 spiro atoms. The number of halogens is 3. The second kappa shape index (κ2) is 16.4. The Morgan fingerprint density at radius 3 is 2.00 bits per heavy atom. The summed E-state index contributed by atoms with van der Waals surface area (Å²) in [5.41, 5.74) is 5.94. The molecule has 0 aliphatic rings. The van der Waals surface area contributed by atoms with Gasteiger partial charge in [-0.05, 0) is 76.9 Å². The van der Waals surface area contributed by atoms with Crippen LogP contribution in [0.4, 0.5) is 0 Å². The molecule has 11 heteroatoms. The second-order valence-electron chi connectivity index (χ2n) is 12.0. The Morgan fingerprint density at radius 2 is 1.39 bits per heavy atom. The lowest BCUT2D eigenvalue weighted by Crippen LogP contribution is -2.28. The number of esters is 1. The molecule has 0 aliphatic carbocycles. The lowest BCUT2D eigenvalue weighted by molar-refractivity contribution is 0.0600. The van der Waals surface area contributed by atoms with E-state index >= 15 is 0 Å². The number of fused-ring (bicyclic) bond motifs is 1. The summed E-state index contributed by atoms with van der Waals surface area (Å²) in [5, 5.41) is 2.32. The van der Waals surface area contributed by atoms with Crippen molar-refractivity contribution in [1.82, 2.24) is 9.29 Å². The molecule has 1 heterocycles. The van der Waals surface area contributed by atoms with Crippen molar-refractivity contribution in [2.24, 2.45) is 0 Å². The first kappa shape index (κ1) is 36.5. The monoisotopic (exact) mass is 760 g/mol. The summed E-state index contributed by atoms with van der Waals surface area (Å²) in [7, 11) is -2.40. The van der Waals surface area contributed by atoms with Gasteiger partial charge in [0.15, 0.2) is 0 Å². The van der Waals surface area contributed by atoms with Gasteiger partial charge in [0, 0.05) is 45.5 Å². The molecule has 51 heavy (non-hydrogen) atoms. The zero-order chi connectivity index (χ0) is 36.0. The first-order valence-electron chi connectivity index (χ1n) is 16.3. The summed E-state index contributed by atoms with van der Waals surface area (Å²) in [5.74, 6) is -0.0785. The summed E-state index contributed by atoms with van der Waals surface area (Å²) in [6.45, 7) is 0.467. The Balaban J connectivity index is 1.39. The quantitative estimate of drug-likeness (QED) is 0.112. The molecule has 7 nitrogen and oxygen atoms in total. The average Bonchev–Trinajstić information content (AvgIpc) is 3.40. The molecule has 0 fully saturated rings. The van der Waals surface area contributed by atoms with Gasteiger partial charge < -0.3 is 14.0 Å². The minimum atomic E-state index is -3.75. The average molecular weight is 762 g/mol. The van der Waals surface area contributed by atoms with Gasteiger partial charge in [0.05, 0.1) is 36.6 Å². The molecule has 0 saturated heterocycles. The van der Waals surface area contributed by atoms with Crippen LogP contribution in [0.3, 0.4) is 0 Å². The fourth-order valence-electron chi connectivity index (χ4n) is 6.38. The largest absolute Gasteiger partial charge is 0.493 e. The van der Waals surface area contributed by atoms with E-state index in [0.29, 0.717) is 51.4 Å². The summed E-state index contributed by atoms with van der Waals surface area (Å²) < 4.78 is 42.7. The van der Waals surface area contributed by atoms with Gasteiger partial charge in [-0.1, -0.05) is 102 Å². The number of hydrogen-bond acceptors (Lipinski definition) is 5. The Hall–Kier alpha value is -4.31. The molecule has 1 N–H and O–H groups in total. The number of carbonyl (C=O) groups is 1. The third-order valence-electron chi connectivity index (χ3n) is 8.53. The Kier molecular flexibility index (Phi) is 11.7. The van der Waals surface area contributed by atoms with Crippen molar-refractivity contribution < 1.29 is 22.7 Å². The zero-order valence-corrected chi connectivity index (χ0v) is 30.8. The van der Waals surface area contributed by atoms with Crippen LogP contribution in [0.1, 0.15) is 44.3 Å². The second-order valence-corrected chi connectivity index (χ2v) is 15.1. The third-order valence-corrected chi connectivity index (χ3v) is 10.6. The fourth-order valence-corrected chi connectivity index (χ4v) is 8.24.